The van der Waals surface area contributed by atoms with Gasteiger partial charge >= 0.3 is 0 Å². The van der Waals surface area contributed by atoms with Crippen molar-refractivity contribution in [3.05, 3.63) is 0 Å². The number of nitrogens with zero attached hydrogens (tertiary/aromatic N) is 1. The standard InChI is InChI=1S/C18H36N2O/c1-16(2)12-19-14-18(9-5-4-6-10-18)15-20-11-7-8-17(13-20)21-3/h16-17,19H,4-15H2,1-3H3. The normalized spacial score (nSPS) is 27.1. The third-order valence-electron chi connectivity index (χ3n) is 5.32. The van der Waals surface area contributed by atoms with Gasteiger partial charge in [-0.15, -0.1) is 0 Å². The lowest BCUT2D eigenvalue weighted by Crippen LogP contribution is -2.49. The Kier molecular flexibility index (Phi) is 6.97. The molecule has 2 fully saturated rings. The number of hydrogen-bond acceptors (Lipinski definition) is 3. The highest BCUT2D eigenvalue weighted by Gasteiger charge is 2.35. The van der Waals surface area contributed by atoms with Crippen molar-refractivity contribution in [2.75, 3.05) is 39.8 Å². The maximum Gasteiger partial charge on any atom is 0.0698 e. The van der Waals surface area contributed by atoms with Gasteiger partial charge < -0.3 is 15.0 Å². The van der Waals surface area contributed by atoms with Crippen molar-refractivity contribution < 1.29 is 4.74 Å². The third kappa shape index (κ3) is 5.54. The van der Waals surface area contributed by atoms with E-state index in [1.807, 2.05) is 7.11 Å². The van der Waals surface area contributed by atoms with Gasteiger partial charge in [-0.1, -0.05) is 33.1 Å². The molecule has 1 aliphatic heterocycles. The van der Waals surface area contributed by atoms with Crippen LogP contribution in [0.3, 0.4) is 0 Å². The molecule has 1 unspecified atom stereocenters. The maximum atomic E-state index is 5.60. The van der Waals surface area contributed by atoms with Gasteiger partial charge in [0.05, 0.1) is 6.10 Å². The summed E-state index contributed by atoms with van der Waals surface area (Å²) in [5.74, 6) is 0.749. The van der Waals surface area contributed by atoms with Crippen molar-refractivity contribution in [1.82, 2.24) is 10.2 Å². The molecule has 1 saturated heterocycles. The summed E-state index contributed by atoms with van der Waals surface area (Å²) in [5.41, 5.74) is 0.517. The van der Waals surface area contributed by atoms with Crippen molar-refractivity contribution in [2.45, 2.75) is 64.9 Å². The van der Waals surface area contributed by atoms with Crippen LogP contribution >= 0.6 is 0 Å². The Morgan fingerprint density at radius 3 is 2.62 bits per heavy atom. The van der Waals surface area contributed by atoms with E-state index in [0.717, 1.165) is 19.0 Å². The van der Waals surface area contributed by atoms with Crippen LogP contribution in [0.5, 0.6) is 0 Å². The van der Waals surface area contributed by atoms with Crippen LogP contribution in [0.1, 0.15) is 58.8 Å². The first-order valence-corrected chi connectivity index (χ1v) is 9.09. The van der Waals surface area contributed by atoms with Crippen LogP contribution in [0.25, 0.3) is 0 Å². The molecule has 3 nitrogen and oxygen atoms in total. The summed E-state index contributed by atoms with van der Waals surface area (Å²) in [5, 5.41) is 3.75. The number of ether oxygens (including phenoxy) is 1. The molecule has 3 heteroatoms. The summed E-state index contributed by atoms with van der Waals surface area (Å²) >= 11 is 0. The highest BCUT2D eigenvalue weighted by Crippen LogP contribution is 2.37. The minimum Gasteiger partial charge on any atom is -0.380 e. The number of likely N-dealkylation sites (tertiary alicyclic amines) is 1. The van der Waals surface area contributed by atoms with E-state index in [9.17, 15) is 0 Å². The molecule has 0 spiro atoms. The van der Waals surface area contributed by atoms with Crippen molar-refractivity contribution in [1.29, 1.82) is 0 Å². The van der Waals surface area contributed by atoms with Crippen molar-refractivity contribution >= 4 is 0 Å². The van der Waals surface area contributed by atoms with Crippen LogP contribution in [0.4, 0.5) is 0 Å². The smallest absolute Gasteiger partial charge is 0.0698 e. The summed E-state index contributed by atoms with van der Waals surface area (Å²) in [6.45, 7) is 10.6. The molecule has 0 radical (unpaired) electrons. The van der Waals surface area contributed by atoms with Gasteiger partial charge in [0.25, 0.3) is 0 Å². The third-order valence-corrected chi connectivity index (χ3v) is 5.32. The minimum atomic E-state index is 0.461. The molecule has 0 aromatic carbocycles. The van der Waals surface area contributed by atoms with Crippen molar-refractivity contribution in [2.24, 2.45) is 11.3 Å². The molecule has 124 valence electrons. The summed E-state index contributed by atoms with van der Waals surface area (Å²) < 4.78 is 5.60. The fourth-order valence-corrected chi connectivity index (χ4v) is 4.14. The lowest BCUT2D eigenvalue weighted by Gasteiger charge is -2.43. The fourth-order valence-electron chi connectivity index (χ4n) is 4.14. The van der Waals surface area contributed by atoms with Gasteiger partial charge in [0.1, 0.15) is 0 Å². The van der Waals surface area contributed by atoms with E-state index in [1.165, 1.54) is 64.6 Å². The summed E-state index contributed by atoms with van der Waals surface area (Å²) in [6, 6.07) is 0. The summed E-state index contributed by atoms with van der Waals surface area (Å²) in [6.07, 6.45) is 10.1. The highest BCUT2D eigenvalue weighted by atomic mass is 16.5. The Labute approximate surface area is 131 Å². The zero-order valence-electron chi connectivity index (χ0n) is 14.5. The Morgan fingerprint density at radius 1 is 1.19 bits per heavy atom. The quantitative estimate of drug-likeness (QED) is 0.780. The lowest BCUT2D eigenvalue weighted by atomic mass is 9.73. The van der Waals surface area contributed by atoms with Crippen LogP contribution in [0.2, 0.25) is 0 Å². The topological polar surface area (TPSA) is 24.5 Å². The van der Waals surface area contributed by atoms with Gasteiger partial charge in [-0.2, -0.15) is 0 Å². The van der Waals surface area contributed by atoms with Crippen LogP contribution in [0, 0.1) is 11.3 Å². The lowest BCUT2D eigenvalue weighted by molar-refractivity contribution is 0.00656. The average Bonchev–Trinajstić information content (AvgIpc) is 2.48. The van der Waals surface area contributed by atoms with E-state index >= 15 is 0 Å². The van der Waals surface area contributed by atoms with Crippen molar-refractivity contribution in [3.63, 3.8) is 0 Å². The second-order valence-electron chi connectivity index (χ2n) is 7.82. The molecule has 1 aliphatic carbocycles. The van der Waals surface area contributed by atoms with Gasteiger partial charge in [-0.05, 0) is 50.1 Å². The summed E-state index contributed by atoms with van der Waals surface area (Å²) in [7, 11) is 1.87. The van der Waals surface area contributed by atoms with Gasteiger partial charge in [-0.25, -0.2) is 0 Å². The first-order chi connectivity index (χ1) is 10.1. The van der Waals surface area contributed by atoms with Crippen LogP contribution in [0.15, 0.2) is 0 Å². The van der Waals surface area contributed by atoms with Gasteiger partial charge in [0.15, 0.2) is 0 Å². The molecule has 0 aromatic heterocycles. The Bertz CT molecular complexity index is 287. The van der Waals surface area contributed by atoms with E-state index in [2.05, 4.69) is 24.1 Å². The number of nitrogens with one attached hydrogen (secondary N) is 1. The Balaban J connectivity index is 1.88. The molecular weight excluding hydrogens is 260 g/mol. The van der Waals surface area contributed by atoms with E-state index in [0.29, 0.717) is 11.5 Å². The first-order valence-electron chi connectivity index (χ1n) is 9.09. The molecule has 0 aromatic rings. The molecule has 2 rings (SSSR count). The van der Waals surface area contributed by atoms with Gasteiger partial charge in [0, 0.05) is 26.7 Å². The zero-order valence-corrected chi connectivity index (χ0v) is 14.5. The molecular formula is C18H36N2O. The fraction of sp³-hybridized carbons (Fsp3) is 1.00. The molecule has 1 atom stereocenters. The first kappa shape index (κ1) is 17.2. The summed E-state index contributed by atoms with van der Waals surface area (Å²) in [4.78, 5) is 2.68. The largest absolute Gasteiger partial charge is 0.380 e. The minimum absolute atomic E-state index is 0.461. The molecule has 0 bridgehead atoms. The van der Waals surface area contributed by atoms with Crippen LogP contribution in [-0.2, 0) is 4.74 Å². The SMILES string of the molecule is COC1CCCN(CC2(CNCC(C)C)CCCCC2)C1. The molecule has 1 heterocycles. The Hall–Kier alpha value is -0.120. The average molecular weight is 296 g/mol. The van der Waals surface area contributed by atoms with Crippen LogP contribution in [-0.4, -0.2) is 50.8 Å². The molecule has 2 aliphatic rings. The van der Waals surface area contributed by atoms with Gasteiger partial charge in [0.2, 0.25) is 0 Å². The molecule has 21 heavy (non-hydrogen) atoms. The van der Waals surface area contributed by atoms with Gasteiger partial charge in [-0.3, -0.25) is 0 Å². The molecule has 1 N–H and O–H groups in total. The van der Waals surface area contributed by atoms with Crippen LogP contribution < -0.4 is 5.32 Å². The predicted molar refractivity (Wildman–Crippen MR) is 89.7 cm³/mol. The second-order valence-corrected chi connectivity index (χ2v) is 7.82. The van der Waals surface area contributed by atoms with Crippen molar-refractivity contribution in [3.8, 4) is 0 Å². The number of rotatable bonds is 7. The number of hydrogen-bond donors (Lipinski definition) is 1. The zero-order chi connectivity index (χ0) is 15.1. The Morgan fingerprint density at radius 2 is 1.95 bits per heavy atom. The molecule has 1 saturated carbocycles. The molecule has 0 amide bonds. The number of methoxy groups -OCH3 is 1. The van der Waals surface area contributed by atoms with E-state index in [-0.39, 0.29) is 0 Å². The van der Waals surface area contributed by atoms with E-state index in [4.69, 9.17) is 4.74 Å². The predicted octanol–water partition coefficient (Wildman–Crippen LogP) is 3.29. The number of piperidine rings is 1. The monoisotopic (exact) mass is 296 g/mol. The second kappa shape index (κ2) is 8.50. The van der Waals surface area contributed by atoms with E-state index < -0.39 is 0 Å². The van der Waals surface area contributed by atoms with E-state index in [1.54, 1.807) is 0 Å². The highest BCUT2D eigenvalue weighted by molar-refractivity contribution is 4.89. The maximum absolute atomic E-state index is 5.60.